The zero-order chi connectivity index (χ0) is 6.10. The lowest BCUT2D eigenvalue weighted by molar-refractivity contribution is 0.236. The van der Waals surface area contributed by atoms with E-state index in [0.717, 1.165) is 0 Å². The zero-order valence-corrected chi connectivity index (χ0v) is 4.81. The Hall–Kier alpha value is -1.32. The van der Waals surface area contributed by atoms with E-state index in [1.165, 1.54) is 0 Å². The molecule has 0 saturated carbocycles. The van der Waals surface area contributed by atoms with Crippen LogP contribution >= 0.6 is 0 Å². The van der Waals surface area contributed by atoms with Crippen LogP contribution in [0.4, 0.5) is 0 Å². The van der Waals surface area contributed by atoms with Crippen LogP contribution in [0.5, 0.6) is 0 Å². The van der Waals surface area contributed by atoms with Crippen LogP contribution in [0.3, 0.4) is 0 Å². The van der Waals surface area contributed by atoms with Gasteiger partial charge >= 0.3 is 0 Å². The van der Waals surface area contributed by atoms with Crippen molar-refractivity contribution in [1.82, 2.24) is 10.0 Å². The Morgan fingerprint density at radius 2 is 2.33 bits per heavy atom. The molecular formula is C5H6N4. The molecule has 9 heavy (non-hydrogen) atoms. The Balaban J connectivity index is 2.25. The predicted octanol–water partition coefficient (Wildman–Crippen LogP) is 0.0179. The van der Waals surface area contributed by atoms with Crippen molar-refractivity contribution >= 4 is 12.7 Å². The van der Waals surface area contributed by atoms with E-state index < -0.39 is 0 Å². The molecule has 2 heterocycles. The molecule has 4 heteroatoms. The quantitative estimate of drug-likeness (QED) is 0.453. The average molecular weight is 122 g/mol. The Bertz CT molecular complexity index is 193. The normalized spacial score (nSPS) is 21.3. The second-order valence-corrected chi connectivity index (χ2v) is 1.82. The Kier molecular flexibility index (Phi) is 0.798. The number of hydrazine groups is 1. The molecule has 0 bridgehead atoms. The molecule has 0 spiro atoms. The van der Waals surface area contributed by atoms with Crippen molar-refractivity contribution in [2.75, 3.05) is 6.67 Å². The monoisotopic (exact) mass is 122 g/mol. The summed E-state index contributed by atoms with van der Waals surface area (Å²) in [6, 6.07) is 0. The third-order valence-electron chi connectivity index (χ3n) is 1.23. The Labute approximate surface area is 52.8 Å². The van der Waals surface area contributed by atoms with Gasteiger partial charge in [0.1, 0.15) is 19.3 Å². The first kappa shape index (κ1) is 4.55. The average Bonchev–Trinajstić information content (AvgIpc) is 2.33. The van der Waals surface area contributed by atoms with Crippen LogP contribution < -0.4 is 0 Å². The molecule has 0 aromatic heterocycles. The van der Waals surface area contributed by atoms with Gasteiger partial charge in [0.05, 0.1) is 0 Å². The molecule has 0 aromatic carbocycles. The van der Waals surface area contributed by atoms with Gasteiger partial charge in [-0.2, -0.15) is 0 Å². The number of rotatable bonds is 0. The maximum Gasteiger partial charge on any atom is 0.133 e. The van der Waals surface area contributed by atoms with Gasteiger partial charge in [-0.05, 0) is 0 Å². The van der Waals surface area contributed by atoms with Crippen molar-refractivity contribution in [3.63, 3.8) is 0 Å². The fourth-order valence-electron chi connectivity index (χ4n) is 0.786. The van der Waals surface area contributed by atoms with Gasteiger partial charge in [0, 0.05) is 12.4 Å². The lowest BCUT2D eigenvalue weighted by Crippen LogP contribution is -2.33. The summed E-state index contributed by atoms with van der Waals surface area (Å²) in [5.41, 5.74) is 0. The van der Waals surface area contributed by atoms with E-state index in [0.29, 0.717) is 6.67 Å². The maximum atomic E-state index is 4.01. The molecule has 4 nitrogen and oxygen atoms in total. The summed E-state index contributed by atoms with van der Waals surface area (Å²) in [5, 5.41) is 3.78. The Morgan fingerprint density at radius 3 is 3.22 bits per heavy atom. The summed E-state index contributed by atoms with van der Waals surface area (Å²) < 4.78 is 0. The molecule has 0 N–H and O–H groups in total. The molecule has 0 amide bonds. The van der Waals surface area contributed by atoms with Crippen molar-refractivity contribution in [2.24, 2.45) is 9.98 Å². The third-order valence-corrected chi connectivity index (χ3v) is 1.23. The maximum absolute atomic E-state index is 4.01. The summed E-state index contributed by atoms with van der Waals surface area (Å²) in [6.45, 7) is 0.688. The minimum Gasteiger partial charge on any atom is -0.250 e. The molecular weight excluding hydrogens is 116 g/mol. The van der Waals surface area contributed by atoms with Crippen LogP contribution in [0, 0.1) is 0 Å². The predicted molar refractivity (Wildman–Crippen MR) is 34.7 cm³/mol. The molecule has 0 atom stereocenters. The molecule has 2 rings (SSSR count). The molecule has 0 unspecified atom stereocenters. The van der Waals surface area contributed by atoms with E-state index in [2.05, 4.69) is 9.98 Å². The van der Waals surface area contributed by atoms with Gasteiger partial charge in [0.15, 0.2) is 0 Å². The van der Waals surface area contributed by atoms with E-state index >= 15 is 0 Å². The second kappa shape index (κ2) is 1.58. The van der Waals surface area contributed by atoms with Gasteiger partial charge in [-0.25, -0.2) is 15.0 Å². The first-order valence-electron chi connectivity index (χ1n) is 2.71. The molecule has 0 aromatic rings. The molecule has 0 fully saturated rings. The van der Waals surface area contributed by atoms with Gasteiger partial charge in [-0.3, -0.25) is 4.99 Å². The molecule has 46 valence electrons. The van der Waals surface area contributed by atoms with E-state index in [9.17, 15) is 0 Å². The van der Waals surface area contributed by atoms with Gasteiger partial charge in [-0.1, -0.05) is 0 Å². The number of fused-ring (bicyclic) bond motifs is 1. The van der Waals surface area contributed by atoms with E-state index in [-0.39, 0.29) is 0 Å². The van der Waals surface area contributed by atoms with Crippen LogP contribution in [0.25, 0.3) is 0 Å². The Morgan fingerprint density at radius 1 is 1.33 bits per heavy atom. The summed E-state index contributed by atoms with van der Waals surface area (Å²) in [4.78, 5) is 7.93. The lowest BCUT2D eigenvalue weighted by Gasteiger charge is -2.22. The highest BCUT2D eigenvalue weighted by Gasteiger charge is 2.11. The van der Waals surface area contributed by atoms with Crippen molar-refractivity contribution in [2.45, 2.75) is 0 Å². The summed E-state index contributed by atoms with van der Waals surface area (Å²) >= 11 is 0. The highest BCUT2D eigenvalue weighted by Crippen LogP contribution is 2.04. The molecule has 0 aliphatic carbocycles. The first-order valence-corrected chi connectivity index (χ1v) is 2.71. The van der Waals surface area contributed by atoms with E-state index in [4.69, 9.17) is 0 Å². The molecule has 2 aliphatic rings. The van der Waals surface area contributed by atoms with Crippen LogP contribution in [-0.4, -0.2) is 29.4 Å². The SMILES string of the molecule is C1=CN2C=NCN2C=N1. The van der Waals surface area contributed by atoms with Crippen LogP contribution in [0.15, 0.2) is 22.4 Å². The topological polar surface area (TPSA) is 31.2 Å². The van der Waals surface area contributed by atoms with Gasteiger partial charge in [0.2, 0.25) is 0 Å². The molecule has 0 saturated heterocycles. The standard InChI is InChI=1S/C5H6N4/c1-2-8-4-7-5-9(8)3-6-1/h1-4H,5H2. The number of nitrogens with zero attached hydrogens (tertiary/aromatic N) is 4. The van der Waals surface area contributed by atoms with Crippen molar-refractivity contribution in [1.29, 1.82) is 0 Å². The second-order valence-electron chi connectivity index (χ2n) is 1.82. The van der Waals surface area contributed by atoms with E-state index in [1.54, 1.807) is 18.9 Å². The zero-order valence-electron chi connectivity index (χ0n) is 4.81. The smallest absolute Gasteiger partial charge is 0.133 e. The summed E-state index contributed by atoms with van der Waals surface area (Å²) in [6.07, 6.45) is 7.10. The first-order chi connectivity index (χ1) is 4.47. The summed E-state index contributed by atoms with van der Waals surface area (Å²) in [7, 11) is 0. The largest absolute Gasteiger partial charge is 0.250 e. The van der Waals surface area contributed by atoms with Crippen LogP contribution in [0.2, 0.25) is 0 Å². The minimum atomic E-state index is 0.688. The van der Waals surface area contributed by atoms with Crippen LogP contribution in [-0.2, 0) is 0 Å². The number of hydrogen-bond donors (Lipinski definition) is 0. The molecule has 0 radical (unpaired) electrons. The van der Waals surface area contributed by atoms with Gasteiger partial charge < -0.3 is 0 Å². The van der Waals surface area contributed by atoms with E-state index in [1.807, 2.05) is 16.2 Å². The summed E-state index contributed by atoms with van der Waals surface area (Å²) in [5.74, 6) is 0. The van der Waals surface area contributed by atoms with Crippen molar-refractivity contribution in [3.05, 3.63) is 12.4 Å². The highest BCUT2D eigenvalue weighted by molar-refractivity contribution is 5.67. The third kappa shape index (κ3) is 0.595. The van der Waals surface area contributed by atoms with Crippen molar-refractivity contribution in [3.8, 4) is 0 Å². The molecule has 2 aliphatic heterocycles. The minimum absolute atomic E-state index is 0.688. The van der Waals surface area contributed by atoms with Gasteiger partial charge in [-0.15, -0.1) is 0 Å². The fraction of sp³-hybridized carbons (Fsp3) is 0.200. The van der Waals surface area contributed by atoms with Crippen molar-refractivity contribution < 1.29 is 0 Å². The van der Waals surface area contributed by atoms with Gasteiger partial charge in [0.25, 0.3) is 0 Å². The highest BCUT2D eigenvalue weighted by atomic mass is 15.7. The number of hydrogen-bond acceptors (Lipinski definition) is 4. The van der Waals surface area contributed by atoms with Crippen LogP contribution in [0.1, 0.15) is 0 Å². The lowest BCUT2D eigenvalue weighted by atomic mass is 10.8. The fourth-order valence-corrected chi connectivity index (χ4v) is 0.786. The number of aliphatic imine (C=N–C) groups is 2.